The molecular weight excluding hydrogens is 504 g/mol. The number of fused-ring (bicyclic) bond motifs is 8. The molecule has 0 spiro atoms. The van der Waals surface area contributed by atoms with E-state index in [4.69, 9.17) is 0 Å². The lowest BCUT2D eigenvalue weighted by Gasteiger charge is -2.24. The van der Waals surface area contributed by atoms with Crippen molar-refractivity contribution in [2.45, 2.75) is 52.4 Å². The Bertz CT molecular complexity index is 2240. The molecule has 0 bridgehead atoms. The normalized spacial score (nSPS) is 13.0. The third-order valence-corrected chi connectivity index (χ3v) is 9.48. The van der Waals surface area contributed by atoms with E-state index in [9.17, 15) is 0 Å². The predicted octanol–water partition coefficient (Wildman–Crippen LogP) is 12.2. The van der Waals surface area contributed by atoms with E-state index in [0.717, 1.165) is 0 Å². The van der Waals surface area contributed by atoms with Gasteiger partial charge in [-0.2, -0.15) is 0 Å². The summed E-state index contributed by atoms with van der Waals surface area (Å²) in [4.78, 5) is 0. The molecule has 0 fully saturated rings. The van der Waals surface area contributed by atoms with E-state index in [1.54, 1.807) is 0 Å². The highest BCUT2D eigenvalue weighted by Crippen LogP contribution is 2.51. The van der Waals surface area contributed by atoms with E-state index in [1.165, 1.54) is 87.6 Å². The lowest BCUT2D eigenvalue weighted by Crippen LogP contribution is -2.12. The van der Waals surface area contributed by atoms with Gasteiger partial charge >= 0.3 is 0 Å². The fourth-order valence-electron chi connectivity index (χ4n) is 7.16. The molecule has 0 heterocycles. The Morgan fingerprint density at radius 3 is 1.62 bits per heavy atom. The quantitative estimate of drug-likeness (QED) is 0.182. The van der Waals surface area contributed by atoms with Crippen LogP contribution >= 0.6 is 0 Å². The molecule has 42 heavy (non-hydrogen) atoms. The first-order valence-corrected chi connectivity index (χ1v) is 15.2. The summed E-state index contributed by atoms with van der Waals surface area (Å²) in [5.41, 5.74) is 10.9. The molecule has 204 valence electrons. The monoisotopic (exact) mass is 540 g/mol. The SMILES string of the molecule is CC(C)(C)c1ccc2c(-c3cc4c5cccc6c5c(cc4c4ccccc34)-c3ccccc3-6)cc(C(C)(C)C)cc2c1. The Balaban J connectivity index is 1.53. The van der Waals surface area contributed by atoms with Crippen molar-refractivity contribution in [3.63, 3.8) is 0 Å². The van der Waals surface area contributed by atoms with Crippen molar-refractivity contribution in [3.05, 3.63) is 120 Å². The minimum absolute atomic E-state index is 0.0361. The van der Waals surface area contributed by atoms with Gasteiger partial charge in [-0.1, -0.05) is 133 Å². The van der Waals surface area contributed by atoms with Crippen molar-refractivity contribution >= 4 is 43.1 Å². The van der Waals surface area contributed by atoms with E-state index >= 15 is 0 Å². The average molecular weight is 541 g/mol. The van der Waals surface area contributed by atoms with Gasteiger partial charge in [0, 0.05) is 0 Å². The first kappa shape index (κ1) is 25.3. The minimum Gasteiger partial charge on any atom is -0.0616 e. The van der Waals surface area contributed by atoms with Gasteiger partial charge in [-0.05, 0) is 117 Å². The lowest BCUT2D eigenvalue weighted by molar-refractivity contribution is 0.589. The van der Waals surface area contributed by atoms with Gasteiger partial charge in [-0.15, -0.1) is 0 Å². The summed E-state index contributed by atoms with van der Waals surface area (Å²) >= 11 is 0. The number of hydrogen-bond acceptors (Lipinski definition) is 0. The molecule has 0 atom stereocenters. The molecule has 0 saturated carbocycles. The lowest BCUT2D eigenvalue weighted by atomic mass is 9.80. The van der Waals surface area contributed by atoms with Crippen LogP contribution < -0.4 is 0 Å². The zero-order valence-electron chi connectivity index (χ0n) is 25.4. The van der Waals surface area contributed by atoms with Crippen LogP contribution in [0.2, 0.25) is 0 Å². The van der Waals surface area contributed by atoms with Gasteiger partial charge in [0.2, 0.25) is 0 Å². The highest BCUT2D eigenvalue weighted by molar-refractivity contribution is 6.29. The van der Waals surface area contributed by atoms with E-state index in [-0.39, 0.29) is 10.8 Å². The van der Waals surface area contributed by atoms with Crippen LogP contribution in [0.1, 0.15) is 52.7 Å². The maximum Gasteiger partial charge on any atom is -0.00199 e. The van der Waals surface area contributed by atoms with E-state index < -0.39 is 0 Å². The van der Waals surface area contributed by atoms with Crippen LogP contribution in [-0.2, 0) is 10.8 Å². The molecule has 0 N–H and O–H groups in total. The molecule has 0 amide bonds. The number of benzene rings is 7. The molecule has 7 aromatic carbocycles. The topological polar surface area (TPSA) is 0 Å². The van der Waals surface area contributed by atoms with Crippen LogP contribution in [0.5, 0.6) is 0 Å². The van der Waals surface area contributed by atoms with Crippen molar-refractivity contribution < 1.29 is 0 Å². The smallest absolute Gasteiger partial charge is 0.00199 e. The van der Waals surface area contributed by atoms with Gasteiger partial charge < -0.3 is 0 Å². The Morgan fingerprint density at radius 2 is 0.881 bits per heavy atom. The molecule has 0 heteroatoms. The van der Waals surface area contributed by atoms with Crippen molar-refractivity contribution in [2.75, 3.05) is 0 Å². The molecule has 0 aliphatic heterocycles. The zero-order chi connectivity index (χ0) is 29.0. The summed E-state index contributed by atoms with van der Waals surface area (Å²) in [5.74, 6) is 0. The maximum atomic E-state index is 2.49. The molecule has 0 unspecified atom stereocenters. The van der Waals surface area contributed by atoms with Crippen molar-refractivity contribution in [1.82, 2.24) is 0 Å². The summed E-state index contributed by atoms with van der Waals surface area (Å²) in [6.07, 6.45) is 0. The van der Waals surface area contributed by atoms with Crippen LogP contribution in [0.25, 0.3) is 76.5 Å². The zero-order valence-corrected chi connectivity index (χ0v) is 25.4. The van der Waals surface area contributed by atoms with Crippen molar-refractivity contribution in [3.8, 4) is 33.4 Å². The second-order valence-electron chi connectivity index (χ2n) is 14.2. The summed E-state index contributed by atoms with van der Waals surface area (Å²) in [6, 6.07) is 41.7. The summed E-state index contributed by atoms with van der Waals surface area (Å²) < 4.78 is 0. The molecule has 8 rings (SSSR count). The predicted molar refractivity (Wildman–Crippen MR) is 184 cm³/mol. The van der Waals surface area contributed by atoms with Gasteiger partial charge in [0.05, 0.1) is 0 Å². The Hall–Kier alpha value is -4.42. The molecule has 0 nitrogen and oxygen atoms in total. The average Bonchev–Trinajstić information content (AvgIpc) is 3.30. The Labute approximate surface area is 248 Å². The maximum absolute atomic E-state index is 2.49. The molecule has 0 aromatic heterocycles. The Morgan fingerprint density at radius 1 is 0.333 bits per heavy atom. The van der Waals surface area contributed by atoms with E-state index in [1.807, 2.05) is 0 Å². The molecule has 7 aromatic rings. The highest BCUT2D eigenvalue weighted by atomic mass is 14.3. The molecular formula is C42H36. The van der Waals surface area contributed by atoms with Gasteiger partial charge in [0.1, 0.15) is 0 Å². The van der Waals surface area contributed by atoms with Crippen LogP contribution in [-0.4, -0.2) is 0 Å². The summed E-state index contributed by atoms with van der Waals surface area (Å²) in [7, 11) is 0. The number of rotatable bonds is 1. The van der Waals surface area contributed by atoms with E-state index in [0.29, 0.717) is 0 Å². The third kappa shape index (κ3) is 3.61. The number of hydrogen-bond donors (Lipinski definition) is 0. The second-order valence-corrected chi connectivity index (χ2v) is 14.2. The Kier molecular flexibility index (Phi) is 5.15. The van der Waals surface area contributed by atoms with Crippen LogP contribution in [0, 0.1) is 0 Å². The standard InChI is InChI=1S/C42H36/c1-41(2,3)26-18-19-28-25(20-26)21-27(42(4,5)6)22-35(28)36-23-38-34-17-11-16-33-29-12-7-10-15-32(29)39(40(33)34)24-37(38)31-14-9-8-13-30(31)36/h7-24H,1-6H3. The molecule has 0 saturated heterocycles. The van der Waals surface area contributed by atoms with Crippen LogP contribution in [0.3, 0.4) is 0 Å². The largest absolute Gasteiger partial charge is 0.0616 e. The summed E-state index contributed by atoms with van der Waals surface area (Å²) in [5, 5.41) is 10.7. The second kappa shape index (κ2) is 8.55. The third-order valence-electron chi connectivity index (χ3n) is 9.48. The summed E-state index contributed by atoms with van der Waals surface area (Å²) in [6.45, 7) is 13.9. The van der Waals surface area contributed by atoms with Crippen molar-refractivity contribution in [2.24, 2.45) is 0 Å². The van der Waals surface area contributed by atoms with Crippen molar-refractivity contribution in [1.29, 1.82) is 0 Å². The first-order chi connectivity index (χ1) is 20.1. The van der Waals surface area contributed by atoms with Gasteiger partial charge in [0.25, 0.3) is 0 Å². The van der Waals surface area contributed by atoms with Crippen LogP contribution in [0.4, 0.5) is 0 Å². The molecule has 0 radical (unpaired) electrons. The molecule has 1 aliphatic carbocycles. The fourth-order valence-corrected chi connectivity index (χ4v) is 7.16. The fraction of sp³-hybridized carbons (Fsp3) is 0.190. The highest BCUT2D eigenvalue weighted by Gasteiger charge is 2.25. The van der Waals surface area contributed by atoms with Gasteiger partial charge in [0.15, 0.2) is 0 Å². The van der Waals surface area contributed by atoms with Gasteiger partial charge in [-0.3, -0.25) is 0 Å². The minimum atomic E-state index is 0.0361. The first-order valence-electron chi connectivity index (χ1n) is 15.2. The van der Waals surface area contributed by atoms with Gasteiger partial charge in [-0.25, -0.2) is 0 Å². The van der Waals surface area contributed by atoms with E-state index in [2.05, 4.69) is 151 Å². The molecule has 1 aliphatic rings. The van der Waals surface area contributed by atoms with Crippen LogP contribution in [0.15, 0.2) is 109 Å².